The number of rotatable bonds is 12. The van der Waals surface area contributed by atoms with Crippen molar-refractivity contribution in [3.05, 3.63) is 34.3 Å². The molecule has 25 heavy (non-hydrogen) atoms. The fourth-order valence-corrected chi connectivity index (χ4v) is 4.85. The Hall–Kier alpha value is -1.31. The monoisotopic (exact) mass is 375 g/mol. The fourth-order valence-electron chi connectivity index (χ4n) is 3.01. The van der Waals surface area contributed by atoms with Gasteiger partial charge < -0.3 is 4.74 Å². The van der Waals surface area contributed by atoms with E-state index in [1.807, 2.05) is 11.4 Å². The van der Waals surface area contributed by atoms with Crippen LogP contribution in [-0.2, 0) is 0 Å². The van der Waals surface area contributed by atoms with Crippen LogP contribution in [0.5, 0.6) is 5.75 Å². The van der Waals surface area contributed by atoms with Gasteiger partial charge in [0.1, 0.15) is 5.75 Å². The van der Waals surface area contributed by atoms with Crippen LogP contribution in [0.25, 0.3) is 14.6 Å². The van der Waals surface area contributed by atoms with Gasteiger partial charge in [0.2, 0.25) is 5.69 Å². The first kappa shape index (κ1) is 20.0. The molecule has 0 aliphatic heterocycles. The van der Waals surface area contributed by atoms with Gasteiger partial charge in [0.25, 0.3) is 0 Å². The summed E-state index contributed by atoms with van der Waals surface area (Å²) in [5.41, 5.74) is 0.736. The molecule has 2 aromatic heterocycles. The lowest BCUT2D eigenvalue weighted by molar-refractivity contribution is 0.226. The third-order valence-electron chi connectivity index (χ3n) is 4.51. The largest absolute Gasteiger partial charge is 0.492 e. The van der Waals surface area contributed by atoms with Gasteiger partial charge in [-0.1, -0.05) is 52.4 Å². The lowest BCUT2D eigenvalue weighted by atomic mass is 9.96. The summed E-state index contributed by atoms with van der Waals surface area (Å²) in [5, 5.41) is 4.06. The Morgan fingerprint density at radius 2 is 1.68 bits per heavy atom. The molecule has 0 aliphatic carbocycles. The van der Waals surface area contributed by atoms with Gasteiger partial charge in [0.05, 0.1) is 22.9 Å². The van der Waals surface area contributed by atoms with Crippen LogP contribution in [0.2, 0.25) is 0 Å². The molecule has 0 aromatic carbocycles. The van der Waals surface area contributed by atoms with E-state index in [9.17, 15) is 0 Å². The van der Waals surface area contributed by atoms with Crippen molar-refractivity contribution in [1.29, 1.82) is 0 Å². The number of hydrogen-bond acceptors (Lipinski definition) is 3. The summed E-state index contributed by atoms with van der Waals surface area (Å²) in [5.74, 6) is 1.60. The minimum Gasteiger partial charge on any atom is -0.492 e. The molecule has 1 unspecified atom stereocenters. The molecule has 1 atom stereocenters. The van der Waals surface area contributed by atoms with E-state index in [0.717, 1.165) is 27.8 Å². The van der Waals surface area contributed by atoms with Gasteiger partial charge in [-0.25, -0.2) is 4.85 Å². The Morgan fingerprint density at radius 3 is 2.44 bits per heavy atom. The van der Waals surface area contributed by atoms with Crippen LogP contribution in [0, 0.1) is 12.5 Å². The van der Waals surface area contributed by atoms with E-state index < -0.39 is 0 Å². The average Bonchev–Trinajstić information content (AvgIpc) is 3.28. The van der Waals surface area contributed by atoms with E-state index in [1.54, 1.807) is 22.7 Å². The molecule has 0 amide bonds. The van der Waals surface area contributed by atoms with Crippen molar-refractivity contribution in [1.82, 2.24) is 0 Å². The van der Waals surface area contributed by atoms with Crippen LogP contribution in [0.3, 0.4) is 0 Å². The van der Waals surface area contributed by atoms with Gasteiger partial charge in [-0.2, -0.15) is 11.3 Å². The Bertz CT molecular complexity index is 653. The van der Waals surface area contributed by atoms with Crippen LogP contribution >= 0.6 is 22.7 Å². The molecule has 0 radical (unpaired) electrons. The first-order chi connectivity index (χ1) is 12.3. The van der Waals surface area contributed by atoms with Gasteiger partial charge in [-0.05, 0) is 41.7 Å². The Kier molecular flexibility index (Phi) is 9.07. The quantitative estimate of drug-likeness (QED) is 0.269. The molecular weight excluding hydrogens is 346 g/mol. The lowest BCUT2D eigenvalue weighted by Crippen LogP contribution is -2.12. The molecule has 0 saturated heterocycles. The van der Waals surface area contributed by atoms with Crippen molar-refractivity contribution in [2.24, 2.45) is 5.92 Å². The van der Waals surface area contributed by atoms with Crippen molar-refractivity contribution in [3.8, 4) is 15.5 Å². The zero-order chi connectivity index (χ0) is 17.9. The van der Waals surface area contributed by atoms with Crippen molar-refractivity contribution in [2.45, 2.75) is 65.2 Å². The van der Waals surface area contributed by atoms with Crippen LogP contribution in [0.4, 0.5) is 5.69 Å². The summed E-state index contributed by atoms with van der Waals surface area (Å²) in [6.45, 7) is 12.6. The smallest absolute Gasteiger partial charge is 0.206 e. The van der Waals surface area contributed by atoms with Crippen LogP contribution in [0.15, 0.2) is 22.9 Å². The number of ether oxygens (including phenoxy) is 1. The predicted molar refractivity (Wildman–Crippen MR) is 111 cm³/mol. The zero-order valence-electron chi connectivity index (χ0n) is 15.4. The van der Waals surface area contributed by atoms with E-state index >= 15 is 0 Å². The third-order valence-corrected chi connectivity index (χ3v) is 6.47. The summed E-state index contributed by atoms with van der Waals surface area (Å²) in [4.78, 5) is 5.79. The van der Waals surface area contributed by atoms with Crippen molar-refractivity contribution in [2.75, 3.05) is 6.61 Å². The van der Waals surface area contributed by atoms with Crippen LogP contribution in [-0.4, -0.2) is 6.61 Å². The van der Waals surface area contributed by atoms with Crippen LogP contribution in [0.1, 0.15) is 65.2 Å². The number of nitrogens with zero attached hydrogens (tertiary/aromatic N) is 1. The highest BCUT2D eigenvalue weighted by atomic mass is 32.1. The molecule has 0 aliphatic rings. The Morgan fingerprint density at radius 1 is 0.960 bits per heavy atom. The summed E-state index contributed by atoms with van der Waals surface area (Å²) in [6, 6.07) is 3.95. The Balaban J connectivity index is 1.96. The standard InChI is InChI=1S/C21H29NOS2/c1-4-6-8-9-11-17(10-7-5-2)16-23-19-13-15-25-21(19)20-18(22-3)12-14-24-20/h12-15,17H,4-11,16H2,1-2H3. The van der Waals surface area contributed by atoms with Crippen molar-refractivity contribution >= 4 is 28.4 Å². The van der Waals surface area contributed by atoms with E-state index in [2.05, 4.69) is 30.1 Å². The highest BCUT2D eigenvalue weighted by Gasteiger charge is 2.16. The maximum atomic E-state index is 7.33. The highest BCUT2D eigenvalue weighted by molar-refractivity contribution is 7.21. The predicted octanol–water partition coefficient (Wildman–Crippen LogP) is 8.18. The molecule has 0 spiro atoms. The molecular formula is C21H29NOS2. The molecule has 4 heteroatoms. The second kappa shape index (κ2) is 11.3. The van der Waals surface area contributed by atoms with Gasteiger partial charge in [-0.15, -0.1) is 11.3 Å². The maximum absolute atomic E-state index is 7.33. The second-order valence-electron chi connectivity index (χ2n) is 6.53. The average molecular weight is 376 g/mol. The first-order valence-electron chi connectivity index (χ1n) is 9.45. The number of hydrogen-bond donors (Lipinski definition) is 0. The number of thiophene rings is 2. The molecule has 2 rings (SSSR count). The first-order valence-corrected chi connectivity index (χ1v) is 11.2. The topological polar surface area (TPSA) is 13.6 Å². The lowest BCUT2D eigenvalue weighted by Gasteiger charge is -2.17. The van der Waals surface area contributed by atoms with Gasteiger partial charge >= 0.3 is 0 Å². The molecule has 0 fully saturated rings. The molecule has 0 N–H and O–H groups in total. The van der Waals surface area contributed by atoms with Gasteiger partial charge in [0, 0.05) is 0 Å². The molecule has 136 valence electrons. The third kappa shape index (κ3) is 6.17. The summed E-state index contributed by atoms with van der Waals surface area (Å²) in [6.07, 6.45) is 10.3. The van der Waals surface area contributed by atoms with Gasteiger partial charge in [-0.3, -0.25) is 0 Å². The van der Waals surface area contributed by atoms with Gasteiger partial charge in [0.15, 0.2) is 0 Å². The maximum Gasteiger partial charge on any atom is 0.206 e. The molecule has 0 saturated carbocycles. The minimum atomic E-state index is 0.647. The second-order valence-corrected chi connectivity index (χ2v) is 8.36. The van der Waals surface area contributed by atoms with E-state index in [-0.39, 0.29) is 0 Å². The van der Waals surface area contributed by atoms with E-state index in [0.29, 0.717) is 5.92 Å². The van der Waals surface area contributed by atoms with E-state index in [4.69, 9.17) is 11.3 Å². The summed E-state index contributed by atoms with van der Waals surface area (Å²) < 4.78 is 6.23. The Labute approximate surface area is 160 Å². The van der Waals surface area contributed by atoms with Crippen molar-refractivity contribution < 1.29 is 4.74 Å². The highest BCUT2D eigenvalue weighted by Crippen LogP contribution is 2.44. The summed E-state index contributed by atoms with van der Waals surface area (Å²) >= 11 is 3.30. The summed E-state index contributed by atoms with van der Waals surface area (Å²) in [7, 11) is 0. The zero-order valence-corrected chi connectivity index (χ0v) is 17.1. The SMILES string of the molecule is [C-]#[N+]c1ccsc1-c1sccc1OCC(CCCC)CCCCCC. The minimum absolute atomic E-state index is 0.647. The number of unbranched alkanes of at least 4 members (excludes halogenated alkanes) is 4. The van der Waals surface area contributed by atoms with Crippen LogP contribution < -0.4 is 4.74 Å². The molecule has 2 nitrogen and oxygen atoms in total. The fraction of sp³-hybridized carbons (Fsp3) is 0.571. The molecule has 2 heterocycles. The molecule has 2 aromatic rings. The molecule has 0 bridgehead atoms. The van der Waals surface area contributed by atoms with E-state index in [1.165, 1.54) is 51.4 Å². The normalized spacial score (nSPS) is 12.0. The van der Waals surface area contributed by atoms with Crippen molar-refractivity contribution in [3.63, 3.8) is 0 Å².